The minimum absolute atomic E-state index is 0.0166. The normalized spacial score (nSPS) is 11.7. The van der Waals surface area contributed by atoms with Crippen LogP contribution in [0, 0.1) is 0 Å². The average molecular weight is 343 g/mol. The average Bonchev–Trinajstić information content (AvgIpc) is 2.88. The molecule has 1 N–H and O–H groups in total. The van der Waals surface area contributed by atoms with Crippen LogP contribution in [0.5, 0.6) is 0 Å². The topological polar surface area (TPSA) is 76.4 Å². The zero-order valence-electron chi connectivity index (χ0n) is 10.4. The fraction of sp³-hybridized carbons (Fsp3) is 0. The molecule has 0 fully saturated rings. The van der Waals surface area contributed by atoms with Crippen molar-refractivity contribution in [1.82, 2.24) is 14.6 Å². The van der Waals surface area contributed by atoms with Crippen LogP contribution in [0.1, 0.15) is 0 Å². The van der Waals surface area contributed by atoms with Gasteiger partial charge in [-0.2, -0.15) is 0 Å². The molecule has 21 heavy (non-hydrogen) atoms. The van der Waals surface area contributed by atoms with Crippen molar-refractivity contribution in [3.8, 4) is 0 Å². The third-order valence-electron chi connectivity index (χ3n) is 2.75. The lowest BCUT2D eigenvalue weighted by atomic mass is 10.4. The summed E-state index contributed by atoms with van der Waals surface area (Å²) in [5.41, 5.74) is 0.970. The molecule has 6 nitrogen and oxygen atoms in total. The van der Waals surface area contributed by atoms with Crippen LogP contribution in [0.25, 0.3) is 5.65 Å². The molecule has 0 aliphatic rings. The molecule has 0 amide bonds. The molecular weight excluding hydrogens is 335 g/mol. The first-order valence-corrected chi connectivity index (χ1v) is 7.97. The van der Waals surface area contributed by atoms with Gasteiger partial charge in [-0.25, -0.2) is 8.42 Å². The second-order valence-corrected chi connectivity index (χ2v) is 6.61. The number of nitrogens with one attached hydrogen (secondary N) is 1. The highest BCUT2D eigenvalue weighted by atomic mass is 35.5. The van der Waals surface area contributed by atoms with Gasteiger partial charge in [0.15, 0.2) is 5.65 Å². The third-order valence-corrected chi connectivity index (χ3v) is 5.10. The Labute approximate surface area is 130 Å². The second-order valence-electron chi connectivity index (χ2n) is 4.17. The molecule has 108 valence electrons. The van der Waals surface area contributed by atoms with Crippen LogP contribution >= 0.6 is 23.2 Å². The van der Waals surface area contributed by atoms with Gasteiger partial charge in [0.25, 0.3) is 10.0 Å². The standard InChI is InChI=1S/C12H8Cl2N4O2S/c13-9-2-1-3-10(12(9)14)21(19,20)17-8-4-5-11-16-15-7-18(11)6-8/h1-7,17H. The second kappa shape index (κ2) is 5.18. The predicted molar refractivity (Wildman–Crippen MR) is 80.3 cm³/mol. The summed E-state index contributed by atoms with van der Waals surface area (Å²) in [4.78, 5) is -0.0829. The van der Waals surface area contributed by atoms with Crippen molar-refractivity contribution >= 4 is 44.6 Å². The van der Waals surface area contributed by atoms with E-state index in [1.165, 1.54) is 24.5 Å². The highest BCUT2D eigenvalue weighted by Crippen LogP contribution is 2.30. The quantitative estimate of drug-likeness (QED) is 0.793. The van der Waals surface area contributed by atoms with E-state index in [4.69, 9.17) is 23.2 Å². The maximum Gasteiger partial charge on any atom is 0.263 e. The van der Waals surface area contributed by atoms with Crippen molar-refractivity contribution in [3.63, 3.8) is 0 Å². The summed E-state index contributed by atoms with van der Waals surface area (Å²) in [6.45, 7) is 0. The van der Waals surface area contributed by atoms with E-state index in [1.807, 2.05) is 0 Å². The van der Waals surface area contributed by atoms with Crippen LogP contribution < -0.4 is 4.72 Å². The van der Waals surface area contributed by atoms with Crippen molar-refractivity contribution in [2.24, 2.45) is 0 Å². The highest BCUT2D eigenvalue weighted by Gasteiger charge is 2.19. The molecule has 0 aliphatic carbocycles. The smallest absolute Gasteiger partial charge is 0.263 e. The van der Waals surface area contributed by atoms with E-state index >= 15 is 0 Å². The van der Waals surface area contributed by atoms with E-state index in [9.17, 15) is 8.42 Å². The molecule has 0 radical (unpaired) electrons. The van der Waals surface area contributed by atoms with Crippen molar-refractivity contribution < 1.29 is 8.42 Å². The molecule has 0 saturated heterocycles. The Morgan fingerprint density at radius 1 is 1.14 bits per heavy atom. The minimum atomic E-state index is -3.84. The lowest BCUT2D eigenvalue weighted by molar-refractivity contribution is 0.601. The van der Waals surface area contributed by atoms with Gasteiger partial charge >= 0.3 is 0 Å². The molecule has 0 unspecified atom stereocenters. The molecule has 9 heteroatoms. The number of sulfonamides is 1. The molecule has 2 aromatic heterocycles. The summed E-state index contributed by atoms with van der Waals surface area (Å²) >= 11 is 11.8. The highest BCUT2D eigenvalue weighted by molar-refractivity contribution is 7.92. The zero-order chi connectivity index (χ0) is 15.0. The molecule has 3 rings (SSSR count). The number of aromatic nitrogens is 3. The number of rotatable bonds is 3. The van der Waals surface area contributed by atoms with Crippen molar-refractivity contribution in [1.29, 1.82) is 0 Å². The molecule has 0 bridgehead atoms. The lowest BCUT2D eigenvalue weighted by Gasteiger charge is -2.10. The number of benzene rings is 1. The molecule has 0 spiro atoms. The first-order valence-electron chi connectivity index (χ1n) is 5.73. The monoisotopic (exact) mass is 342 g/mol. The number of hydrogen-bond acceptors (Lipinski definition) is 4. The number of anilines is 1. The first-order chi connectivity index (χ1) is 9.97. The van der Waals surface area contributed by atoms with Crippen LogP contribution in [0.4, 0.5) is 5.69 Å². The van der Waals surface area contributed by atoms with Crippen LogP contribution in [0.3, 0.4) is 0 Å². The van der Waals surface area contributed by atoms with Crippen LogP contribution in [-0.4, -0.2) is 23.0 Å². The van der Waals surface area contributed by atoms with Crippen LogP contribution in [0.2, 0.25) is 10.0 Å². The minimum Gasteiger partial charge on any atom is -0.287 e. The molecule has 1 aromatic carbocycles. The molecule has 0 saturated carbocycles. The Kier molecular flexibility index (Phi) is 3.48. The van der Waals surface area contributed by atoms with E-state index in [-0.39, 0.29) is 14.9 Å². The van der Waals surface area contributed by atoms with Crippen molar-refractivity contribution in [2.75, 3.05) is 4.72 Å². The van der Waals surface area contributed by atoms with Crippen molar-refractivity contribution in [2.45, 2.75) is 4.90 Å². The molecule has 0 aliphatic heterocycles. The van der Waals surface area contributed by atoms with Gasteiger partial charge in [-0.15, -0.1) is 10.2 Å². The Morgan fingerprint density at radius 2 is 1.95 bits per heavy atom. The van der Waals surface area contributed by atoms with E-state index < -0.39 is 10.0 Å². The summed E-state index contributed by atoms with van der Waals surface area (Å²) in [6, 6.07) is 7.65. The van der Waals surface area contributed by atoms with E-state index in [0.29, 0.717) is 11.3 Å². The van der Waals surface area contributed by atoms with Crippen LogP contribution in [0.15, 0.2) is 47.8 Å². The molecule has 2 heterocycles. The van der Waals surface area contributed by atoms with Crippen molar-refractivity contribution in [3.05, 3.63) is 52.9 Å². The molecule has 0 atom stereocenters. The maximum absolute atomic E-state index is 12.4. The zero-order valence-corrected chi connectivity index (χ0v) is 12.7. The molecular formula is C12H8Cl2N4O2S. The SMILES string of the molecule is O=S(=O)(Nc1ccc2nncn2c1)c1cccc(Cl)c1Cl. The van der Waals surface area contributed by atoms with Gasteiger partial charge in [-0.1, -0.05) is 29.3 Å². The fourth-order valence-electron chi connectivity index (χ4n) is 1.79. The largest absolute Gasteiger partial charge is 0.287 e. The van der Waals surface area contributed by atoms with Gasteiger partial charge in [-0.05, 0) is 24.3 Å². The Morgan fingerprint density at radius 3 is 2.76 bits per heavy atom. The summed E-state index contributed by atoms with van der Waals surface area (Å²) in [6.07, 6.45) is 3.03. The Hall–Kier alpha value is -1.83. The molecule has 3 aromatic rings. The van der Waals surface area contributed by atoms with Gasteiger partial charge in [0, 0.05) is 6.20 Å². The van der Waals surface area contributed by atoms with Crippen LogP contribution in [-0.2, 0) is 10.0 Å². The van der Waals surface area contributed by atoms with Gasteiger partial charge in [0.1, 0.15) is 11.2 Å². The Balaban J connectivity index is 2.00. The van der Waals surface area contributed by atoms with Gasteiger partial charge in [0.05, 0.1) is 15.7 Å². The maximum atomic E-state index is 12.4. The Bertz CT molecular complexity index is 924. The lowest BCUT2D eigenvalue weighted by Crippen LogP contribution is -2.13. The summed E-state index contributed by atoms with van der Waals surface area (Å²) in [7, 11) is -3.84. The number of fused-ring (bicyclic) bond motifs is 1. The number of halogens is 2. The summed E-state index contributed by atoms with van der Waals surface area (Å²) < 4.78 is 28.7. The van der Waals surface area contributed by atoms with Gasteiger partial charge in [0.2, 0.25) is 0 Å². The first kappa shape index (κ1) is 14.1. The van der Waals surface area contributed by atoms with E-state index in [2.05, 4.69) is 14.9 Å². The predicted octanol–water partition coefficient (Wildman–Crippen LogP) is 2.84. The number of hydrogen-bond donors (Lipinski definition) is 1. The number of pyridine rings is 1. The van der Waals surface area contributed by atoms with E-state index in [0.717, 1.165) is 0 Å². The fourth-order valence-corrected chi connectivity index (χ4v) is 3.60. The van der Waals surface area contributed by atoms with Gasteiger partial charge < -0.3 is 0 Å². The van der Waals surface area contributed by atoms with Gasteiger partial charge in [-0.3, -0.25) is 9.12 Å². The third kappa shape index (κ3) is 2.67. The van der Waals surface area contributed by atoms with E-state index in [1.54, 1.807) is 22.7 Å². The summed E-state index contributed by atoms with van der Waals surface area (Å²) in [5.74, 6) is 0. The number of nitrogens with zero attached hydrogens (tertiary/aromatic N) is 3. The summed E-state index contributed by atoms with van der Waals surface area (Å²) in [5, 5.41) is 7.72.